The molecule has 1 N–H and O–H groups in total. The molecule has 0 saturated heterocycles. The Hall–Kier alpha value is -3.02. The lowest BCUT2D eigenvalue weighted by atomic mass is 10.1. The lowest BCUT2D eigenvalue weighted by molar-refractivity contribution is 0.0894. The molecule has 0 fully saturated rings. The maximum Gasteiger partial charge on any atom is 0.316 e. The molecule has 2 heterocycles. The van der Waals surface area contributed by atoms with Crippen LogP contribution in [0.5, 0.6) is 0 Å². The highest BCUT2D eigenvalue weighted by molar-refractivity contribution is 5.90. The van der Waals surface area contributed by atoms with Crippen LogP contribution in [0.1, 0.15) is 29.6 Å². The second kappa shape index (κ2) is 7.50. The van der Waals surface area contributed by atoms with Crippen molar-refractivity contribution in [2.75, 3.05) is 0 Å². The van der Waals surface area contributed by atoms with E-state index in [-0.39, 0.29) is 17.8 Å². The molecule has 2 aromatic heterocycles. The number of hydrogen-bond donors (Lipinski definition) is 1. The fourth-order valence-electron chi connectivity index (χ4n) is 2.31. The molecule has 0 spiro atoms. The van der Waals surface area contributed by atoms with Crippen LogP contribution in [0.4, 0.5) is 0 Å². The van der Waals surface area contributed by atoms with Gasteiger partial charge in [0.25, 0.3) is 0 Å². The van der Waals surface area contributed by atoms with Gasteiger partial charge in [-0.05, 0) is 37.5 Å². The van der Waals surface area contributed by atoms with Crippen molar-refractivity contribution in [2.45, 2.75) is 25.8 Å². The third kappa shape index (κ3) is 4.04. The Morgan fingerprint density at radius 3 is 2.79 bits per heavy atom. The Balaban J connectivity index is 1.56. The third-order valence-corrected chi connectivity index (χ3v) is 3.63. The zero-order valence-corrected chi connectivity index (χ0v) is 13.3. The highest BCUT2D eigenvalue weighted by Gasteiger charge is 2.18. The minimum atomic E-state index is -0.363. The molecule has 0 aliphatic rings. The van der Waals surface area contributed by atoms with Crippen molar-refractivity contribution in [2.24, 2.45) is 0 Å². The summed E-state index contributed by atoms with van der Waals surface area (Å²) in [6.45, 7) is 1.96. The number of hydrogen-bond acceptors (Lipinski definition) is 5. The molecule has 1 amide bonds. The molecule has 0 aliphatic carbocycles. The van der Waals surface area contributed by atoms with Crippen LogP contribution >= 0.6 is 0 Å². The Morgan fingerprint density at radius 2 is 2.04 bits per heavy atom. The Bertz CT molecular complexity index is 787. The summed E-state index contributed by atoms with van der Waals surface area (Å²) in [4.78, 5) is 20.3. The van der Waals surface area contributed by atoms with Gasteiger partial charge in [0, 0.05) is 24.0 Å². The van der Waals surface area contributed by atoms with Crippen LogP contribution in [0.15, 0.2) is 59.4 Å². The van der Waals surface area contributed by atoms with Crippen molar-refractivity contribution in [3.8, 4) is 11.4 Å². The van der Waals surface area contributed by atoms with E-state index in [2.05, 4.69) is 32.6 Å². The second-order valence-corrected chi connectivity index (χ2v) is 5.56. The smallest absolute Gasteiger partial charge is 0.316 e. The molecule has 0 aliphatic heterocycles. The Kier molecular flexibility index (Phi) is 4.96. The van der Waals surface area contributed by atoms with Crippen LogP contribution in [0, 0.1) is 0 Å². The van der Waals surface area contributed by atoms with E-state index in [0.717, 1.165) is 12.8 Å². The minimum Gasteiger partial charge on any atom is -0.345 e. The third-order valence-electron chi connectivity index (χ3n) is 3.63. The van der Waals surface area contributed by atoms with Crippen LogP contribution in [0.3, 0.4) is 0 Å². The number of aryl methyl sites for hydroxylation is 1. The zero-order valence-electron chi connectivity index (χ0n) is 13.3. The SMILES string of the molecule is C[C@@H](CCc1ccccc1)NC(=O)c1nc(-c2cccnc2)no1. The van der Waals surface area contributed by atoms with Gasteiger partial charge in [-0.1, -0.05) is 35.5 Å². The fourth-order valence-corrected chi connectivity index (χ4v) is 2.31. The van der Waals surface area contributed by atoms with Crippen molar-refractivity contribution in [1.82, 2.24) is 20.4 Å². The standard InChI is InChI=1S/C18H18N4O2/c1-13(9-10-14-6-3-2-4-7-14)20-17(23)18-21-16(22-24-18)15-8-5-11-19-12-15/h2-8,11-13H,9-10H2,1H3,(H,20,23)/t13-/m0/s1. The number of pyridine rings is 1. The van der Waals surface area contributed by atoms with Crippen molar-refractivity contribution in [3.05, 3.63) is 66.3 Å². The highest BCUT2D eigenvalue weighted by atomic mass is 16.5. The molecular formula is C18H18N4O2. The maximum absolute atomic E-state index is 12.2. The summed E-state index contributed by atoms with van der Waals surface area (Å²) in [5.74, 6) is -0.0520. The molecule has 3 rings (SSSR count). The van der Waals surface area contributed by atoms with Gasteiger partial charge < -0.3 is 9.84 Å². The maximum atomic E-state index is 12.2. The summed E-state index contributed by atoms with van der Waals surface area (Å²) < 4.78 is 5.04. The van der Waals surface area contributed by atoms with E-state index in [1.807, 2.05) is 31.2 Å². The van der Waals surface area contributed by atoms with E-state index in [9.17, 15) is 4.79 Å². The van der Waals surface area contributed by atoms with Crippen molar-refractivity contribution in [1.29, 1.82) is 0 Å². The van der Waals surface area contributed by atoms with Gasteiger partial charge in [-0.15, -0.1) is 0 Å². The number of rotatable bonds is 6. The molecule has 3 aromatic rings. The molecule has 122 valence electrons. The topological polar surface area (TPSA) is 80.9 Å². The van der Waals surface area contributed by atoms with Crippen LogP contribution in [-0.4, -0.2) is 27.1 Å². The predicted octanol–water partition coefficient (Wildman–Crippen LogP) is 2.88. The van der Waals surface area contributed by atoms with Crippen LogP contribution < -0.4 is 5.32 Å². The molecule has 1 aromatic carbocycles. The van der Waals surface area contributed by atoms with E-state index in [1.165, 1.54) is 5.56 Å². The van der Waals surface area contributed by atoms with E-state index in [4.69, 9.17) is 4.52 Å². The first-order chi connectivity index (χ1) is 11.7. The fraction of sp³-hybridized carbons (Fsp3) is 0.222. The number of amides is 1. The predicted molar refractivity (Wildman–Crippen MR) is 89.2 cm³/mol. The first kappa shape index (κ1) is 15.9. The van der Waals surface area contributed by atoms with E-state index >= 15 is 0 Å². The van der Waals surface area contributed by atoms with E-state index in [1.54, 1.807) is 18.5 Å². The van der Waals surface area contributed by atoms with Crippen molar-refractivity contribution >= 4 is 5.91 Å². The number of carbonyl (C=O) groups is 1. The van der Waals surface area contributed by atoms with E-state index < -0.39 is 0 Å². The van der Waals surface area contributed by atoms with E-state index in [0.29, 0.717) is 11.4 Å². The van der Waals surface area contributed by atoms with Gasteiger partial charge in [0.2, 0.25) is 5.82 Å². The monoisotopic (exact) mass is 322 g/mol. The number of benzene rings is 1. The number of nitrogens with one attached hydrogen (secondary N) is 1. The van der Waals surface area contributed by atoms with Crippen LogP contribution in [0.25, 0.3) is 11.4 Å². The second-order valence-electron chi connectivity index (χ2n) is 5.56. The van der Waals surface area contributed by atoms with Crippen molar-refractivity contribution in [3.63, 3.8) is 0 Å². The molecule has 0 radical (unpaired) electrons. The molecule has 0 bridgehead atoms. The van der Waals surface area contributed by atoms with Gasteiger partial charge in [-0.3, -0.25) is 9.78 Å². The van der Waals surface area contributed by atoms with Gasteiger partial charge in [0.05, 0.1) is 0 Å². The number of aromatic nitrogens is 3. The van der Waals surface area contributed by atoms with Gasteiger partial charge in [0.15, 0.2) is 0 Å². The first-order valence-electron chi connectivity index (χ1n) is 7.81. The van der Waals surface area contributed by atoms with Gasteiger partial charge in [-0.2, -0.15) is 4.98 Å². The van der Waals surface area contributed by atoms with Gasteiger partial charge >= 0.3 is 11.8 Å². The minimum absolute atomic E-state index is 0.00597. The van der Waals surface area contributed by atoms with Crippen LogP contribution in [0.2, 0.25) is 0 Å². The quantitative estimate of drug-likeness (QED) is 0.754. The van der Waals surface area contributed by atoms with Crippen LogP contribution in [-0.2, 0) is 6.42 Å². The lowest BCUT2D eigenvalue weighted by Gasteiger charge is -2.12. The summed E-state index contributed by atoms with van der Waals surface area (Å²) in [6, 6.07) is 13.8. The summed E-state index contributed by atoms with van der Waals surface area (Å²) in [5, 5.41) is 6.70. The first-order valence-corrected chi connectivity index (χ1v) is 7.81. The molecule has 0 unspecified atom stereocenters. The molecule has 0 saturated carbocycles. The highest BCUT2D eigenvalue weighted by Crippen LogP contribution is 2.13. The van der Waals surface area contributed by atoms with Gasteiger partial charge in [0.1, 0.15) is 0 Å². The zero-order chi connectivity index (χ0) is 16.8. The summed E-state index contributed by atoms with van der Waals surface area (Å²) in [5.41, 5.74) is 1.95. The average molecular weight is 322 g/mol. The Labute approximate surface area is 139 Å². The average Bonchev–Trinajstić information content (AvgIpc) is 3.12. The molecule has 6 nitrogen and oxygen atoms in total. The molecule has 1 atom stereocenters. The Morgan fingerprint density at radius 1 is 1.21 bits per heavy atom. The van der Waals surface area contributed by atoms with Gasteiger partial charge in [-0.25, -0.2) is 0 Å². The number of carbonyl (C=O) groups excluding carboxylic acids is 1. The largest absolute Gasteiger partial charge is 0.345 e. The lowest BCUT2D eigenvalue weighted by Crippen LogP contribution is -2.33. The molecule has 6 heteroatoms. The summed E-state index contributed by atoms with van der Waals surface area (Å²) >= 11 is 0. The molecule has 24 heavy (non-hydrogen) atoms. The number of nitrogens with zero attached hydrogens (tertiary/aromatic N) is 3. The molecular weight excluding hydrogens is 304 g/mol. The van der Waals surface area contributed by atoms with Crippen molar-refractivity contribution < 1.29 is 9.32 Å². The summed E-state index contributed by atoms with van der Waals surface area (Å²) in [7, 11) is 0. The normalized spacial score (nSPS) is 11.9. The summed E-state index contributed by atoms with van der Waals surface area (Å²) in [6.07, 6.45) is 5.01.